The van der Waals surface area contributed by atoms with E-state index in [9.17, 15) is 0 Å². The molecule has 0 spiro atoms. The van der Waals surface area contributed by atoms with Crippen LogP contribution in [0.5, 0.6) is 0 Å². The Morgan fingerprint density at radius 3 is 2.71 bits per heavy atom. The van der Waals surface area contributed by atoms with Crippen LogP contribution in [-0.4, -0.2) is 14.5 Å². The number of aryl methyl sites for hydroxylation is 1. The molecule has 108 valence electrons. The number of pyridine rings is 1. The van der Waals surface area contributed by atoms with E-state index in [4.69, 9.17) is 23.2 Å². The standard InChI is InChI=1S/C16H15Cl2N3/c1-10-3-4-12(8-19-10)9-21-15-6-5-13(18)7-14(15)20-16(21)11(2)17/h3-8,11H,9H2,1-2H3. The van der Waals surface area contributed by atoms with Crippen LogP contribution in [0.3, 0.4) is 0 Å². The van der Waals surface area contributed by atoms with Gasteiger partial charge in [-0.3, -0.25) is 4.98 Å². The summed E-state index contributed by atoms with van der Waals surface area (Å²) in [5.41, 5.74) is 4.02. The van der Waals surface area contributed by atoms with Crippen LogP contribution < -0.4 is 0 Å². The maximum absolute atomic E-state index is 6.28. The first-order chi connectivity index (χ1) is 10.0. The Labute approximate surface area is 133 Å². The summed E-state index contributed by atoms with van der Waals surface area (Å²) in [5.74, 6) is 0.842. The fourth-order valence-corrected chi connectivity index (χ4v) is 2.70. The van der Waals surface area contributed by atoms with Crippen molar-refractivity contribution in [1.29, 1.82) is 0 Å². The summed E-state index contributed by atoms with van der Waals surface area (Å²) in [6.45, 7) is 4.59. The highest BCUT2D eigenvalue weighted by molar-refractivity contribution is 6.31. The van der Waals surface area contributed by atoms with Gasteiger partial charge in [0.15, 0.2) is 0 Å². The number of nitrogens with zero attached hydrogens (tertiary/aromatic N) is 3. The van der Waals surface area contributed by atoms with E-state index in [0.29, 0.717) is 11.6 Å². The smallest absolute Gasteiger partial charge is 0.128 e. The Morgan fingerprint density at radius 1 is 1.24 bits per heavy atom. The van der Waals surface area contributed by atoms with Crippen molar-refractivity contribution in [3.63, 3.8) is 0 Å². The first-order valence-corrected chi connectivity index (χ1v) is 7.57. The molecule has 0 aliphatic carbocycles. The molecule has 21 heavy (non-hydrogen) atoms. The fourth-order valence-electron chi connectivity index (χ4n) is 2.37. The first kappa shape index (κ1) is 14.4. The number of alkyl halides is 1. The van der Waals surface area contributed by atoms with E-state index in [2.05, 4.69) is 20.6 Å². The minimum Gasteiger partial charge on any atom is -0.322 e. The van der Waals surface area contributed by atoms with Crippen molar-refractivity contribution >= 4 is 34.2 Å². The van der Waals surface area contributed by atoms with Crippen LogP contribution in [0.2, 0.25) is 5.02 Å². The Bertz CT molecular complexity index is 776. The van der Waals surface area contributed by atoms with Crippen molar-refractivity contribution in [2.75, 3.05) is 0 Å². The van der Waals surface area contributed by atoms with Crippen LogP contribution in [0.4, 0.5) is 0 Å². The van der Waals surface area contributed by atoms with Gasteiger partial charge in [-0.2, -0.15) is 0 Å². The van der Waals surface area contributed by atoms with Gasteiger partial charge in [0.2, 0.25) is 0 Å². The van der Waals surface area contributed by atoms with Gasteiger partial charge < -0.3 is 4.57 Å². The van der Waals surface area contributed by atoms with Crippen molar-refractivity contribution in [2.24, 2.45) is 0 Å². The topological polar surface area (TPSA) is 30.7 Å². The van der Waals surface area contributed by atoms with Crippen molar-refractivity contribution in [3.8, 4) is 0 Å². The quantitative estimate of drug-likeness (QED) is 0.653. The van der Waals surface area contributed by atoms with E-state index < -0.39 is 0 Å². The summed E-state index contributed by atoms with van der Waals surface area (Å²) in [7, 11) is 0. The molecule has 0 saturated heterocycles. The second-order valence-electron chi connectivity index (χ2n) is 5.11. The van der Waals surface area contributed by atoms with E-state index in [-0.39, 0.29) is 5.38 Å². The molecule has 5 heteroatoms. The lowest BCUT2D eigenvalue weighted by Gasteiger charge is -2.10. The molecule has 0 bridgehead atoms. The summed E-state index contributed by atoms with van der Waals surface area (Å²) in [6, 6.07) is 9.80. The van der Waals surface area contributed by atoms with E-state index in [1.807, 2.05) is 44.3 Å². The third-order valence-electron chi connectivity index (χ3n) is 3.41. The van der Waals surface area contributed by atoms with Crippen molar-refractivity contribution < 1.29 is 0 Å². The summed E-state index contributed by atoms with van der Waals surface area (Å²) in [4.78, 5) is 8.95. The molecule has 0 amide bonds. The van der Waals surface area contributed by atoms with E-state index in [0.717, 1.165) is 28.1 Å². The van der Waals surface area contributed by atoms with Gasteiger partial charge >= 0.3 is 0 Å². The van der Waals surface area contributed by atoms with Crippen LogP contribution in [0.15, 0.2) is 36.5 Å². The van der Waals surface area contributed by atoms with Crippen LogP contribution in [0, 0.1) is 6.92 Å². The average molecular weight is 320 g/mol. The maximum atomic E-state index is 6.28. The number of rotatable bonds is 3. The van der Waals surface area contributed by atoms with E-state index >= 15 is 0 Å². The monoisotopic (exact) mass is 319 g/mol. The largest absolute Gasteiger partial charge is 0.322 e. The van der Waals surface area contributed by atoms with Gasteiger partial charge in [0, 0.05) is 16.9 Å². The minimum absolute atomic E-state index is 0.172. The lowest BCUT2D eigenvalue weighted by Crippen LogP contribution is -2.06. The maximum Gasteiger partial charge on any atom is 0.128 e. The molecule has 0 radical (unpaired) electrons. The Balaban J connectivity index is 2.10. The van der Waals surface area contributed by atoms with Crippen LogP contribution in [0.1, 0.15) is 29.4 Å². The van der Waals surface area contributed by atoms with E-state index in [1.165, 1.54) is 0 Å². The average Bonchev–Trinajstić information content (AvgIpc) is 2.79. The van der Waals surface area contributed by atoms with Crippen LogP contribution in [-0.2, 0) is 6.54 Å². The third-order valence-corrected chi connectivity index (χ3v) is 3.84. The molecule has 3 rings (SSSR count). The predicted octanol–water partition coefficient (Wildman–Crippen LogP) is 4.74. The highest BCUT2D eigenvalue weighted by atomic mass is 35.5. The Hall–Kier alpha value is -1.58. The molecule has 0 N–H and O–H groups in total. The Kier molecular flexibility index (Phi) is 3.87. The van der Waals surface area contributed by atoms with Crippen molar-refractivity contribution in [3.05, 3.63) is 58.6 Å². The van der Waals surface area contributed by atoms with Gasteiger partial charge in [-0.1, -0.05) is 17.7 Å². The summed E-state index contributed by atoms with van der Waals surface area (Å²) < 4.78 is 2.12. The number of halogens is 2. The number of benzene rings is 1. The van der Waals surface area contributed by atoms with Gasteiger partial charge in [0.25, 0.3) is 0 Å². The zero-order valence-corrected chi connectivity index (χ0v) is 13.4. The van der Waals surface area contributed by atoms with Crippen LogP contribution >= 0.6 is 23.2 Å². The SMILES string of the molecule is Cc1ccc(Cn2c(C(C)Cl)nc3cc(Cl)ccc32)cn1. The number of fused-ring (bicyclic) bond motifs is 1. The molecule has 3 aromatic rings. The molecule has 1 unspecified atom stereocenters. The highest BCUT2D eigenvalue weighted by Crippen LogP contribution is 2.27. The van der Waals surface area contributed by atoms with Gasteiger partial charge in [-0.15, -0.1) is 11.6 Å². The van der Waals surface area contributed by atoms with Crippen molar-refractivity contribution in [1.82, 2.24) is 14.5 Å². The number of imidazole rings is 1. The van der Waals surface area contributed by atoms with Gasteiger partial charge in [-0.25, -0.2) is 4.98 Å². The summed E-state index contributed by atoms with van der Waals surface area (Å²) in [5, 5.41) is 0.507. The normalized spacial score (nSPS) is 12.8. The first-order valence-electron chi connectivity index (χ1n) is 6.76. The second-order valence-corrected chi connectivity index (χ2v) is 6.20. The minimum atomic E-state index is -0.172. The summed E-state index contributed by atoms with van der Waals surface area (Å²) >= 11 is 12.3. The zero-order chi connectivity index (χ0) is 15.0. The van der Waals surface area contributed by atoms with Crippen LogP contribution in [0.25, 0.3) is 11.0 Å². The van der Waals surface area contributed by atoms with Gasteiger partial charge in [0.05, 0.1) is 23.0 Å². The number of aromatic nitrogens is 3. The molecule has 1 aromatic carbocycles. The lowest BCUT2D eigenvalue weighted by atomic mass is 10.2. The molecule has 3 nitrogen and oxygen atoms in total. The zero-order valence-electron chi connectivity index (χ0n) is 11.8. The second kappa shape index (κ2) is 5.66. The molecule has 1 atom stereocenters. The highest BCUT2D eigenvalue weighted by Gasteiger charge is 2.15. The molecule has 0 aliphatic rings. The lowest BCUT2D eigenvalue weighted by molar-refractivity contribution is 0.740. The van der Waals surface area contributed by atoms with Gasteiger partial charge in [0.1, 0.15) is 5.82 Å². The number of hydrogen-bond donors (Lipinski definition) is 0. The molecule has 2 aromatic heterocycles. The van der Waals surface area contributed by atoms with Gasteiger partial charge in [-0.05, 0) is 43.7 Å². The molecule has 0 saturated carbocycles. The summed E-state index contributed by atoms with van der Waals surface area (Å²) in [6.07, 6.45) is 1.89. The molecule has 2 heterocycles. The molecular weight excluding hydrogens is 305 g/mol. The molecular formula is C16H15Cl2N3. The fraction of sp³-hybridized carbons (Fsp3) is 0.250. The Morgan fingerprint density at radius 2 is 2.05 bits per heavy atom. The molecule has 0 fully saturated rings. The third kappa shape index (κ3) is 2.89. The van der Waals surface area contributed by atoms with E-state index in [1.54, 1.807) is 0 Å². The number of hydrogen-bond acceptors (Lipinski definition) is 2. The van der Waals surface area contributed by atoms with Crippen molar-refractivity contribution in [2.45, 2.75) is 25.8 Å². The predicted molar refractivity (Wildman–Crippen MR) is 87.1 cm³/mol. The molecule has 0 aliphatic heterocycles.